The predicted molar refractivity (Wildman–Crippen MR) is 100 cm³/mol. The number of rotatable bonds is 6. The molecule has 0 bridgehead atoms. The molecule has 5 nitrogen and oxygen atoms in total. The number of likely N-dealkylation sites (N-methyl/N-ethyl adjacent to an activating group) is 1. The Bertz CT molecular complexity index is 696. The van der Waals surface area contributed by atoms with Crippen LogP contribution in [-0.2, 0) is 4.79 Å². The Morgan fingerprint density at radius 1 is 1.24 bits per heavy atom. The van der Waals surface area contributed by atoms with Crippen LogP contribution >= 0.6 is 11.8 Å². The zero-order valence-corrected chi connectivity index (χ0v) is 15.3. The van der Waals surface area contributed by atoms with Gasteiger partial charge in [-0.1, -0.05) is 36.4 Å². The number of pyridine rings is 1. The van der Waals surface area contributed by atoms with Gasteiger partial charge in [0.2, 0.25) is 5.91 Å². The Labute approximate surface area is 152 Å². The summed E-state index contributed by atoms with van der Waals surface area (Å²) in [5, 5.41) is 10.1. The summed E-state index contributed by atoms with van der Waals surface area (Å²) in [5.74, 6) is -0.0166. The van der Waals surface area contributed by atoms with Gasteiger partial charge in [-0.15, -0.1) is 11.8 Å². The molecule has 25 heavy (non-hydrogen) atoms. The van der Waals surface area contributed by atoms with Gasteiger partial charge in [-0.2, -0.15) is 0 Å². The zero-order valence-electron chi connectivity index (χ0n) is 14.4. The SMILES string of the molecule is CN(C)CCN1C(=O)C(C(O)c2ccccc2)SC1c1cccnc1. The largest absolute Gasteiger partial charge is 0.387 e. The van der Waals surface area contributed by atoms with E-state index >= 15 is 0 Å². The molecule has 0 aliphatic carbocycles. The standard InChI is InChI=1S/C19H23N3O2S/c1-21(2)11-12-22-18(24)17(16(23)14-7-4-3-5-8-14)25-19(22)15-9-6-10-20-13-15/h3-10,13,16-17,19,23H,11-12H2,1-2H3. The first-order chi connectivity index (χ1) is 12.1. The van der Waals surface area contributed by atoms with Crippen LogP contribution in [0.2, 0.25) is 0 Å². The summed E-state index contributed by atoms with van der Waals surface area (Å²) in [6, 6.07) is 13.3. The fourth-order valence-electron chi connectivity index (χ4n) is 2.90. The monoisotopic (exact) mass is 357 g/mol. The van der Waals surface area contributed by atoms with E-state index in [1.807, 2.05) is 61.5 Å². The van der Waals surface area contributed by atoms with Crippen LogP contribution in [0.15, 0.2) is 54.9 Å². The molecule has 132 valence electrons. The molecular weight excluding hydrogens is 334 g/mol. The zero-order chi connectivity index (χ0) is 17.8. The average molecular weight is 357 g/mol. The number of aliphatic hydroxyl groups excluding tert-OH is 1. The summed E-state index contributed by atoms with van der Waals surface area (Å²) in [5.41, 5.74) is 1.76. The third kappa shape index (κ3) is 4.03. The van der Waals surface area contributed by atoms with Gasteiger partial charge < -0.3 is 14.9 Å². The molecule has 1 aliphatic heterocycles. The fourth-order valence-corrected chi connectivity index (χ4v) is 4.39. The second-order valence-corrected chi connectivity index (χ2v) is 7.61. The van der Waals surface area contributed by atoms with Crippen LogP contribution in [0.4, 0.5) is 0 Å². The molecule has 2 heterocycles. The van der Waals surface area contributed by atoms with E-state index in [1.54, 1.807) is 12.4 Å². The molecule has 3 rings (SSSR count). The minimum atomic E-state index is -0.817. The van der Waals surface area contributed by atoms with E-state index in [-0.39, 0.29) is 11.3 Å². The number of aromatic nitrogens is 1. The topological polar surface area (TPSA) is 56.7 Å². The number of thioether (sulfide) groups is 1. The maximum atomic E-state index is 13.0. The first kappa shape index (κ1) is 17.9. The van der Waals surface area contributed by atoms with Gasteiger partial charge in [-0.05, 0) is 25.7 Å². The molecule has 1 saturated heterocycles. The van der Waals surface area contributed by atoms with E-state index in [9.17, 15) is 9.90 Å². The van der Waals surface area contributed by atoms with Crippen LogP contribution in [0.5, 0.6) is 0 Å². The number of hydrogen-bond acceptors (Lipinski definition) is 5. The Morgan fingerprint density at radius 3 is 2.64 bits per heavy atom. The maximum Gasteiger partial charge on any atom is 0.240 e. The highest BCUT2D eigenvalue weighted by Crippen LogP contribution is 2.46. The smallest absolute Gasteiger partial charge is 0.240 e. The Balaban J connectivity index is 1.85. The molecular formula is C19H23N3O2S. The third-order valence-corrected chi connectivity index (χ3v) is 5.81. The van der Waals surface area contributed by atoms with Crippen LogP contribution in [0.1, 0.15) is 22.6 Å². The molecule has 1 amide bonds. The number of hydrogen-bond donors (Lipinski definition) is 1. The van der Waals surface area contributed by atoms with Crippen molar-refractivity contribution in [3.05, 3.63) is 66.0 Å². The number of amides is 1. The van der Waals surface area contributed by atoms with Gasteiger partial charge in [0.25, 0.3) is 0 Å². The second-order valence-electron chi connectivity index (χ2n) is 6.39. The Kier molecular flexibility index (Phi) is 5.73. The number of carbonyl (C=O) groups excluding carboxylic acids is 1. The van der Waals surface area contributed by atoms with Crippen molar-refractivity contribution in [2.45, 2.75) is 16.7 Å². The lowest BCUT2D eigenvalue weighted by Crippen LogP contribution is -2.37. The van der Waals surface area contributed by atoms with E-state index < -0.39 is 11.4 Å². The van der Waals surface area contributed by atoms with Crippen molar-refractivity contribution in [1.82, 2.24) is 14.8 Å². The van der Waals surface area contributed by atoms with Crippen LogP contribution in [0, 0.1) is 0 Å². The molecule has 0 saturated carbocycles. The highest BCUT2D eigenvalue weighted by Gasteiger charge is 2.44. The summed E-state index contributed by atoms with van der Waals surface area (Å²) in [4.78, 5) is 21.1. The Morgan fingerprint density at radius 2 is 2.00 bits per heavy atom. The fraction of sp³-hybridized carbons (Fsp3) is 0.368. The molecule has 1 aromatic heterocycles. The average Bonchev–Trinajstić information content (AvgIpc) is 2.97. The summed E-state index contributed by atoms with van der Waals surface area (Å²) in [6.45, 7) is 1.40. The van der Waals surface area contributed by atoms with E-state index in [0.29, 0.717) is 6.54 Å². The minimum Gasteiger partial charge on any atom is -0.387 e. The van der Waals surface area contributed by atoms with Crippen molar-refractivity contribution in [2.24, 2.45) is 0 Å². The van der Waals surface area contributed by atoms with Gasteiger partial charge >= 0.3 is 0 Å². The van der Waals surface area contributed by atoms with Gasteiger partial charge in [0.15, 0.2) is 0 Å². The molecule has 3 atom stereocenters. The van der Waals surface area contributed by atoms with Crippen molar-refractivity contribution < 1.29 is 9.90 Å². The Hall–Kier alpha value is -1.89. The molecule has 6 heteroatoms. The summed E-state index contributed by atoms with van der Waals surface area (Å²) < 4.78 is 0. The number of aliphatic hydroxyl groups is 1. The van der Waals surface area contributed by atoms with E-state index in [4.69, 9.17) is 0 Å². The molecule has 3 unspecified atom stereocenters. The maximum absolute atomic E-state index is 13.0. The molecule has 1 aromatic carbocycles. The lowest BCUT2D eigenvalue weighted by Gasteiger charge is -2.25. The highest BCUT2D eigenvalue weighted by molar-refractivity contribution is 8.01. The van der Waals surface area contributed by atoms with E-state index in [2.05, 4.69) is 9.88 Å². The summed E-state index contributed by atoms with van der Waals surface area (Å²) >= 11 is 1.50. The van der Waals surface area contributed by atoms with Crippen molar-refractivity contribution in [3.8, 4) is 0 Å². The molecule has 1 N–H and O–H groups in total. The van der Waals surface area contributed by atoms with Crippen molar-refractivity contribution in [3.63, 3.8) is 0 Å². The summed E-state index contributed by atoms with van der Waals surface area (Å²) in [6.07, 6.45) is 2.71. The lowest BCUT2D eigenvalue weighted by molar-refractivity contribution is -0.132. The highest BCUT2D eigenvalue weighted by atomic mass is 32.2. The van der Waals surface area contributed by atoms with Gasteiger partial charge in [0.05, 0.1) is 6.10 Å². The number of nitrogens with zero attached hydrogens (tertiary/aromatic N) is 3. The van der Waals surface area contributed by atoms with Crippen LogP contribution < -0.4 is 0 Å². The van der Waals surface area contributed by atoms with E-state index in [0.717, 1.165) is 17.7 Å². The van der Waals surface area contributed by atoms with Gasteiger partial charge in [0.1, 0.15) is 10.6 Å². The summed E-state index contributed by atoms with van der Waals surface area (Å²) in [7, 11) is 3.98. The number of carbonyl (C=O) groups is 1. The molecule has 0 spiro atoms. The predicted octanol–water partition coefficient (Wildman–Crippen LogP) is 2.32. The third-order valence-electron chi connectivity index (χ3n) is 4.27. The lowest BCUT2D eigenvalue weighted by atomic mass is 10.1. The van der Waals surface area contributed by atoms with Gasteiger partial charge in [0, 0.05) is 31.0 Å². The normalized spacial score (nSPS) is 21.8. The van der Waals surface area contributed by atoms with Crippen molar-refractivity contribution in [1.29, 1.82) is 0 Å². The van der Waals surface area contributed by atoms with Crippen LogP contribution in [0.3, 0.4) is 0 Å². The van der Waals surface area contributed by atoms with Crippen LogP contribution in [0.25, 0.3) is 0 Å². The number of benzene rings is 1. The molecule has 0 radical (unpaired) electrons. The van der Waals surface area contributed by atoms with Crippen LogP contribution in [-0.4, -0.2) is 58.2 Å². The first-order valence-corrected chi connectivity index (χ1v) is 9.26. The first-order valence-electron chi connectivity index (χ1n) is 8.31. The molecule has 1 aliphatic rings. The minimum absolute atomic E-state index is 0.0166. The van der Waals surface area contributed by atoms with Crippen molar-refractivity contribution >= 4 is 17.7 Å². The quantitative estimate of drug-likeness (QED) is 0.860. The van der Waals surface area contributed by atoms with Gasteiger partial charge in [-0.25, -0.2) is 0 Å². The second kappa shape index (κ2) is 7.99. The van der Waals surface area contributed by atoms with Gasteiger partial charge in [-0.3, -0.25) is 9.78 Å². The molecule has 1 fully saturated rings. The molecule has 2 aromatic rings. The van der Waals surface area contributed by atoms with Crippen molar-refractivity contribution in [2.75, 3.05) is 27.2 Å². The van der Waals surface area contributed by atoms with E-state index in [1.165, 1.54) is 11.8 Å².